The third-order valence-electron chi connectivity index (χ3n) is 3.21. The molecule has 1 aliphatic rings. The Labute approximate surface area is 132 Å². The topological polar surface area (TPSA) is 63.2 Å². The van der Waals surface area contributed by atoms with Gasteiger partial charge in [0, 0.05) is 18.0 Å². The molecule has 3 heterocycles. The summed E-state index contributed by atoms with van der Waals surface area (Å²) in [6.07, 6.45) is 0. The molecular formula is C13H16ClN5OS. The second-order valence-electron chi connectivity index (χ2n) is 4.71. The minimum absolute atomic E-state index is 0.126. The quantitative estimate of drug-likeness (QED) is 0.932. The van der Waals surface area contributed by atoms with Crippen molar-refractivity contribution in [3.05, 3.63) is 27.7 Å². The van der Waals surface area contributed by atoms with Gasteiger partial charge in [0.05, 0.1) is 19.3 Å². The van der Waals surface area contributed by atoms with Gasteiger partial charge in [-0.1, -0.05) is 6.07 Å². The fourth-order valence-corrected chi connectivity index (χ4v) is 3.00. The second kappa shape index (κ2) is 6.55. The Morgan fingerprint density at radius 3 is 2.86 bits per heavy atom. The van der Waals surface area contributed by atoms with Gasteiger partial charge in [-0.25, -0.2) is 0 Å². The van der Waals surface area contributed by atoms with E-state index in [2.05, 4.69) is 38.2 Å². The van der Waals surface area contributed by atoms with Crippen LogP contribution >= 0.6 is 22.9 Å². The Kier molecular flexibility index (Phi) is 4.52. The van der Waals surface area contributed by atoms with Crippen LogP contribution in [0.4, 0.5) is 11.9 Å². The van der Waals surface area contributed by atoms with E-state index in [9.17, 15) is 0 Å². The Bertz CT molecular complexity index is 588. The lowest BCUT2D eigenvalue weighted by atomic mass is 10.3. The molecule has 0 amide bonds. The molecule has 1 saturated heterocycles. The van der Waals surface area contributed by atoms with Crippen molar-refractivity contribution in [3.8, 4) is 0 Å². The highest BCUT2D eigenvalue weighted by atomic mass is 35.5. The standard InChI is InChI=1S/C13H16ClN5OS/c1-9(10-3-2-8-21-10)15-12-16-11(14)17-13(18-12)19-4-6-20-7-5-19/h2-3,8-9H,4-7H2,1H3,(H,15,16,17,18). The largest absolute Gasteiger partial charge is 0.378 e. The number of hydrogen-bond donors (Lipinski definition) is 1. The number of nitrogens with one attached hydrogen (secondary N) is 1. The minimum atomic E-state index is 0.126. The molecule has 0 aromatic carbocycles. The van der Waals surface area contributed by atoms with E-state index in [0.29, 0.717) is 25.1 Å². The van der Waals surface area contributed by atoms with Crippen LogP contribution in [0, 0.1) is 0 Å². The van der Waals surface area contributed by atoms with Crippen LogP contribution in [-0.2, 0) is 4.74 Å². The fourth-order valence-electron chi connectivity index (χ4n) is 2.11. The van der Waals surface area contributed by atoms with E-state index >= 15 is 0 Å². The molecule has 8 heteroatoms. The van der Waals surface area contributed by atoms with Gasteiger partial charge in [-0.3, -0.25) is 0 Å². The summed E-state index contributed by atoms with van der Waals surface area (Å²) in [5, 5.41) is 5.52. The van der Waals surface area contributed by atoms with Gasteiger partial charge >= 0.3 is 0 Å². The lowest BCUT2D eigenvalue weighted by Gasteiger charge is -2.27. The molecule has 2 aromatic rings. The van der Waals surface area contributed by atoms with E-state index in [4.69, 9.17) is 16.3 Å². The molecular weight excluding hydrogens is 310 g/mol. The zero-order chi connectivity index (χ0) is 14.7. The van der Waals surface area contributed by atoms with Gasteiger partial charge in [-0.2, -0.15) is 15.0 Å². The van der Waals surface area contributed by atoms with Crippen LogP contribution in [0.25, 0.3) is 0 Å². The second-order valence-corrected chi connectivity index (χ2v) is 6.03. The van der Waals surface area contributed by atoms with Gasteiger partial charge in [-0.15, -0.1) is 11.3 Å². The van der Waals surface area contributed by atoms with Crippen molar-refractivity contribution >= 4 is 34.8 Å². The molecule has 3 rings (SSSR count). The number of nitrogens with zero attached hydrogens (tertiary/aromatic N) is 4. The van der Waals surface area contributed by atoms with Crippen LogP contribution in [0.5, 0.6) is 0 Å². The van der Waals surface area contributed by atoms with Gasteiger partial charge in [0.15, 0.2) is 0 Å². The Morgan fingerprint density at radius 1 is 1.33 bits per heavy atom. The molecule has 0 radical (unpaired) electrons. The number of morpholine rings is 1. The molecule has 112 valence electrons. The van der Waals surface area contributed by atoms with Crippen LogP contribution in [-0.4, -0.2) is 41.3 Å². The summed E-state index contributed by atoms with van der Waals surface area (Å²) in [6.45, 7) is 4.95. The number of anilines is 2. The first kappa shape index (κ1) is 14.5. The van der Waals surface area contributed by atoms with Crippen LogP contribution in [0.15, 0.2) is 17.5 Å². The van der Waals surface area contributed by atoms with Gasteiger partial charge in [0.25, 0.3) is 0 Å². The van der Waals surface area contributed by atoms with E-state index in [0.717, 1.165) is 13.1 Å². The number of rotatable bonds is 4. The highest BCUT2D eigenvalue weighted by molar-refractivity contribution is 7.10. The van der Waals surface area contributed by atoms with Gasteiger partial charge in [-0.05, 0) is 30.0 Å². The van der Waals surface area contributed by atoms with E-state index in [1.807, 2.05) is 11.4 Å². The maximum atomic E-state index is 6.02. The van der Waals surface area contributed by atoms with E-state index in [1.54, 1.807) is 11.3 Å². The average Bonchev–Trinajstić information content (AvgIpc) is 3.02. The number of ether oxygens (including phenoxy) is 1. The van der Waals surface area contributed by atoms with Crippen LogP contribution in [0.2, 0.25) is 5.28 Å². The predicted octanol–water partition coefficient (Wildman–Crippen LogP) is 2.60. The third kappa shape index (κ3) is 3.61. The summed E-state index contributed by atoms with van der Waals surface area (Å²) < 4.78 is 5.34. The van der Waals surface area contributed by atoms with Gasteiger partial charge in [0.2, 0.25) is 17.2 Å². The fraction of sp³-hybridized carbons (Fsp3) is 0.462. The monoisotopic (exact) mass is 325 g/mol. The molecule has 1 unspecified atom stereocenters. The van der Waals surface area contributed by atoms with Gasteiger partial charge in [0.1, 0.15) is 0 Å². The van der Waals surface area contributed by atoms with Crippen LogP contribution in [0.3, 0.4) is 0 Å². The molecule has 1 fully saturated rings. The molecule has 1 aliphatic heterocycles. The molecule has 0 bridgehead atoms. The van der Waals surface area contributed by atoms with Crippen molar-refractivity contribution in [3.63, 3.8) is 0 Å². The highest BCUT2D eigenvalue weighted by Gasteiger charge is 2.17. The van der Waals surface area contributed by atoms with Crippen molar-refractivity contribution in [2.45, 2.75) is 13.0 Å². The first-order valence-electron chi connectivity index (χ1n) is 6.76. The summed E-state index contributed by atoms with van der Waals surface area (Å²) in [5.74, 6) is 1.09. The lowest BCUT2D eigenvalue weighted by molar-refractivity contribution is 0.122. The van der Waals surface area contributed by atoms with Crippen molar-refractivity contribution < 1.29 is 4.74 Å². The maximum Gasteiger partial charge on any atom is 0.231 e. The average molecular weight is 326 g/mol. The zero-order valence-corrected chi connectivity index (χ0v) is 13.2. The van der Waals surface area contributed by atoms with E-state index in [1.165, 1.54) is 4.88 Å². The Hall–Kier alpha value is -1.44. The van der Waals surface area contributed by atoms with Crippen LogP contribution in [0.1, 0.15) is 17.8 Å². The van der Waals surface area contributed by atoms with Crippen LogP contribution < -0.4 is 10.2 Å². The van der Waals surface area contributed by atoms with Crippen molar-refractivity contribution in [1.29, 1.82) is 0 Å². The first-order chi connectivity index (χ1) is 10.2. The Morgan fingerprint density at radius 2 is 2.14 bits per heavy atom. The van der Waals surface area contributed by atoms with Crippen molar-refractivity contribution in [2.24, 2.45) is 0 Å². The first-order valence-corrected chi connectivity index (χ1v) is 8.02. The number of hydrogen-bond acceptors (Lipinski definition) is 7. The molecule has 6 nitrogen and oxygen atoms in total. The summed E-state index contributed by atoms with van der Waals surface area (Å²) in [7, 11) is 0. The Balaban J connectivity index is 1.77. The smallest absolute Gasteiger partial charge is 0.231 e. The molecule has 2 aromatic heterocycles. The summed E-state index contributed by atoms with van der Waals surface area (Å²) in [6, 6.07) is 4.23. The maximum absolute atomic E-state index is 6.02. The summed E-state index contributed by atoms with van der Waals surface area (Å²) in [4.78, 5) is 16.1. The normalized spacial score (nSPS) is 16.8. The van der Waals surface area contributed by atoms with Crippen molar-refractivity contribution in [2.75, 3.05) is 36.5 Å². The van der Waals surface area contributed by atoms with E-state index in [-0.39, 0.29) is 11.3 Å². The lowest BCUT2D eigenvalue weighted by Crippen LogP contribution is -2.37. The third-order valence-corrected chi connectivity index (χ3v) is 4.43. The summed E-state index contributed by atoms with van der Waals surface area (Å²) >= 11 is 7.71. The molecule has 0 spiro atoms. The molecule has 0 aliphatic carbocycles. The number of halogens is 1. The van der Waals surface area contributed by atoms with Crippen molar-refractivity contribution in [1.82, 2.24) is 15.0 Å². The molecule has 21 heavy (non-hydrogen) atoms. The number of thiophene rings is 1. The predicted molar refractivity (Wildman–Crippen MR) is 84.2 cm³/mol. The van der Waals surface area contributed by atoms with E-state index < -0.39 is 0 Å². The summed E-state index contributed by atoms with van der Waals surface area (Å²) in [5.41, 5.74) is 0. The number of aromatic nitrogens is 3. The molecule has 1 N–H and O–H groups in total. The molecule has 0 saturated carbocycles. The zero-order valence-electron chi connectivity index (χ0n) is 11.6. The minimum Gasteiger partial charge on any atom is -0.378 e. The SMILES string of the molecule is CC(Nc1nc(Cl)nc(N2CCOCC2)n1)c1cccs1. The van der Waals surface area contributed by atoms with Gasteiger partial charge < -0.3 is 15.0 Å². The highest BCUT2D eigenvalue weighted by Crippen LogP contribution is 2.23. The molecule has 1 atom stereocenters.